The lowest BCUT2D eigenvalue weighted by atomic mass is 10.1. The number of aromatic nitrogens is 3. The summed E-state index contributed by atoms with van der Waals surface area (Å²) in [6.07, 6.45) is 3.45. The van der Waals surface area contributed by atoms with Crippen LogP contribution in [0.4, 0.5) is 10.1 Å². The normalized spacial score (nSPS) is 12.8. The Bertz CT molecular complexity index is 1310. The minimum Gasteiger partial charge on any atom is -0.392 e. The molecule has 0 amide bonds. The van der Waals surface area contributed by atoms with Crippen LogP contribution in [0.2, 0.25) is 0 Å². The number of hydrazine groups is 1. The van der Waals surface area contributed by atoms with E-state index < -0.39 is 5.82 Å². The Morgan fingerprint density at radius 1 is 1.08 bits per heavy atom. The molecule has 0 bridgehead atoms. The van der Waals surface area contributed by atoms with Crippen molar-refractivity contribution in [3.8, 4) is 11.4 Å². The van der Waals surface area contributed by atoms with Gasteiger partial charge in [0.15, 0.2) is 6.29 Å². The Kier molecular flexibility index (Phi) is 8.01. The summed E-state index contributed by atoms with van der Waals surface area (Å²) in [6.45, 7) is 2.49. The molecule has 0 aliphatic rings. The molecule has 4 rings (SSSR count). The number of nitrogens with two attached hydrogens (primary N) is 2. The molecular formula is C26H27FN6O3. The van der Waals surface area contributed by atoms with Gasteiger partial charge in [-0.05, 0) is 36.8 Å². The molecule has 36 heavy (non-hydrogen) atoms. The van der Waals surface area contributed by atoms with Crippen molar-refractivity contribution < 1.29 is 18.4 Å². The average molecular weight is 491 g/mol. The zero-order valence-electron chi connectivity index (χ0n) is 20.0. The van der Waals surface area contributed by atoms with Crippen molar-refractivity contribution in [3.63, 3.8) is 0 Å². The molecule has 9 nitrogen and oxygen atoms in total. The summed E-state index contributed by atoms with van der Waals surface area (Å²) in [5, 5.41) is 5.23. The number of benzene rings is 2. The highest BCUT2D eigenvalue weighted by Gasteiger charge is 2.22. The van der Waals surface area contributed by atoms with E-state index in [1.54, 1.807) is 49.8 Å². The van der Waals surface area contributed by atoms with Crippen molar-refractivity contribution in [1.82, 2.24) is 15.1 Å². The molecule has 1 unspecified atom stereocenters. The molecule has 0 saturated carbocycles. The van der Waals surface area contributed by atoms with Crippen LogP contribution in [0, 0.1) is 5.82 Å². The summed E-state index contributed by atoms with van der Waals surface area (Å²) in [5.41, 5.74) is 9.33. The third kappa shape index (κ3) is 5.57. The molecule has 0 radical (unpaired) electrons. The molecule has 10 heteroatoms. The number of para-hydroxylation sites is 1. The Hall–Kier alpha value is -4.12. The summed E-state index contributed by atoms with van der Waals surface area (Å²) in [6, 6.07) is 17.2. The summed E-state index contributed by atoms with van der Waals surface area (Å²) in [5.74, 6) is 6.22. The van der Waals surface area contributed by atoms with Gasteiger partial charge in [0.05, 0.1) is 11.4 Å². The largest absolute Gasteiger partial charge is 0.392 e. The summed E-state index contributed by atoms with van der Waals surface area (Å²) < 4.78 is 30.9. The number of anilines is 1. The molecular weight excluding hydrogens is 463 g/mol. The lowest BCUT2D eigenvalue weighted by Crippen LogP contribution is -2.32. The topological polar surface area (TPSA) is 126 Å². The summed E-state index contributed by atoms with van der Waals surface area (Å²) >= 11 is 0. The van der Waals surface area contributed by atoms with Crippen molar-refractivity contribution in [2.75, 3.05) is 18.7 Å². The highest BCUT2D eigenvalue weighted by atomic mass is 19.1. The van der Waals surface area contributed by atoms with E-state index in [9.17, 15) is 4.39 Å². The first-order chi connectivity index (χ1) is 17.5. The third-order valence-electron chi connectivity index (χ3n) is 5.45. The molecule has 186 valence electrons. The highest BCUT2D eigenvalue weighted by molar-refractivity contribution is 5.93. The lowest BCUT2D eigenvalue weighted by Gasteiger charge is -2.23. The van der Waals surface area contributed by atoms with Crippen LogP contribution in [0.1, 0.15) is 23.9 Å². The molecule has 0 aliphatic carbocycles. The number of halogens is 1. The van der Waals surface area contributed by atoms with Crippen molar-refractivity contribution >= 4 is 17.1 Å². The maximum atomic E-state index is 14.5. The second-order valence-corrected chi connectivity index (χ2v) is 7.76. The number of hydrogen-bond acceptors (Lipinski definition) is 9. The van der Waals surface area contributed by atoms with Gasteiger partial charge in [0.1, 0.15) is 11.5 Å². The maximum Gasteiger partial charge on any atom is 0.276 e. The highest BCUT2D eigenvalue weighted by Crippen LogP contribution is 2.30. The van der Waals surface area contributed by atoms with Gasteiger partial charge in [-0.15, -0.1) is 0 Å². The van der Waals surface area contributed by atoms with Crippen molar-refractivity contribution in [2.24, 2.45) is 11.6 Å². The van der Waals surface area contributed by atoms with Crippen LogP contribution in [0.3, 0.4) is 0 Å². The zero-order chi connectivity index (χ0) is 25.5. The zero-order valence-corrected chi connectivity index (χ0v) is 20.0. The summed E-state index contributed by atoms with van der Waals surface area (Å²) in [4.78, 5) is 8.49. The van der Waals surface area contributed by atoms with Crippen LogP contribution >= 0.6 is 0 Å². The SMILES string of the molecule is CCOC(Cc1ccc(-c2noc(/C(N)=C(\c3ccncc3)N(N)c3ccccc3F)n2)cc1)OC. The average Bonchev–Trinajstić information content (AvgIpc) is 3.40. The molecule has 4 N–H and O–H groups in total. The first kappa shape index (κ1) is 25.0. The predicted octanol–water partition coefficient (Wildman–Crippen LogP) is 3.99. The van der Waals surface area contributed by atoms with Crippen LogP contribution in [0.25, 0.3) is 22.8 Å². The van der Waals surface area contributed by atoms with E-state index in [1.165, 1.54) is 6.07 Å². The van der Waals surface area contributed by atoms with Gasteiger partial charge in [0.2, 0.25) is 5.82 Å². The van der Waals surface area contributed by atoms with E-state index in [-0.39, 0.29) is 29.3 Å². The monoisotopic (exact) mass is 490 g/mol. The molecule has 2 heterocycles. The number of rotatable bonds is 10. The van der Waals surface area contributed by atoms with E-state index in [4.69, 9.17) is 25.6 Å². The van der Waals surface area contributed by atoms with E-state index in [0.29, 0.717) is 24.4 Å². The van der Waals surface area contributed by atoms with Gasteiger partial charge < -0.3 is 19.7 Å². The van der Waals surface area contributed by atoms with E-state index in [1.807, 2.05) is 31.2 Å². The number of nitrogens with zero attached hydrogens (tertiary/aromatic N) is 4. The van der Waals surface area contributed by atoms with Gasteiger partial charge in [-0.3, -0.25) is 9.99 Å². The third-order valence-corrected chi connectivity index (χ3v) is 5.45. The molecule has 0 fully saturated rings. The van der Waals surface area contributed by atoms with E-state index in [2.05, 4.69) is 15.1 Å². The van der Waals surface area contributed by atoms with Crippen molar-refractivity contribution in [3.05, 3.63) is 95.9 Å². The van der Waals surface area contributed by atoms with Crippen LogP contribution in [-0.4, -0.2) is 35.1 Å². The number of methoxy groups -OCH3 is 1. The second kappa shape index (κ2) is 11.5. The number of pyridine rings is 1. The van der Waals surface area contributed by atoms with Gasteiger partial charge in [-0.1, -0.05) is 41.6 Å². The molecule has 4 aromatic rings. The van der Waals surface area contributed by atoms with Gasteiger partial charge in [-0.25, -0.2) is 10.2 Å². The fourth-order valence-corrected chi connectivity index (χ4v) is 3.63. The van der Waals surface area contributed by atoms with Crippen LogP contribution in [0.15, 0.2) is 77.6 Å². The number of hydrogen-bond donors (Lipinski definition) is 2. The van der Waals surface area contributed by atoms with Gasteiger partial charge in [0, 0.05) is 43.7 Å². The number of ether oxygens (including phenoxy) is 2. The Morgan fingerprint density at radius 3 is 2.47 bits per heavy atom. The fraction of sp³-hybridized carbons (Fsp3) is 0.192. The van der Waals surface area contributed by atoms with Gasteiger partial charge in [0.25, 0.3) is 5.89 Å². The second-order valence-electron chi connectivity index (χ2n) is 7.76. The smallest absolute Gasteiger partial charge is 0.276 e. The van der Waals surface area contributed by atoms with Crippen molar-refractivity contribution in [1.29, 1.82) is 0 Å². The molecule has 0 spiro atoms. The van der Waals surface area contributed by atoms with E-state index >= 15 is 0 Å². The van der Waals surface area contributed by atoms with Crippen LogP contribution in [0.5, 0.6) is 0 Å². The fourth-order valence-electron chi connectivity index (χ4n) is 3.63. The molecule has 0 saturated heterocycles. The Balaban J connectivity index is 1.66. The van der Waals surface area contributed by atoms with Gasteiger partial charge >= 0.3 is 0 Å². The molecule has 2 aromatic carbocycles. The van der Waals surface area contributed by atoms with Gasteiger partial charge in [-0.2, -0.15) is 4.98 Å². The van der Waals surface area contributed by atoms with Crippen LogP contribution in [-0.2, 0) is 15.9 Å². The first-order valence-corrected chi connectivity index (χ1v) is 11.3. The van der Waals surface area contributed by atoms with E-state index in [0.717, 1.165) is 16.1 Å². The molecule has 2 aromatic heterocycles. The van der Waals surface area contributed by atoms with Crippen LogP contribution < -0.4 is 16.6 Å². The Labute approximate surface area is 208 Å². The van der Waals surface area contributed by atoms with Crippen molar-refractivity contribution in [2.45, 2.75) is 19.6 Å². The minimum atomic E-state index is -0.509. The minimum absolute atomic E-state index is 0.0449. The quantitative estimate of drug-likeness (QED) is 0.193. The maximum absolute atomic E-state index is 14.5. The molecule has 0 aliphatic heterocycles. The standard InChI is InChI=1S/C26H27FN6O3/c1-3-35-22(34-2)16-17-8-10-19(11-9-17)25-31-26(36-32-25)23(28)24(18-12-14-30-15-13-18)33(29)21-7-5-4-6-20(21)27/h4-15,22H,3,16,28-29H2,1-2H3/b24-23-. The lowest BCUT2D eigenvalue weighted by molar-refractivity contribution is -0.118. The first-order valence-electron chi connectivity index (χ1n) is 11.3. The summed E-state index contributed by atoms with van der Waals surface area (Å²) in [7, 11) is 1.61. The Morgan fingerprint density at radius 2 is 1.81 bits per heavy atom. The predicted molar refractivity (Wildman–Crippen MR) is 134 cm³/mol. The molecule has 1 atom stereocenters.